The fraction of sp³-hybridized carbons (Fsp3) is 0.467. The zero-order valence-corrected chi connectivity index (χ0v) is 11.4. The van der Waals surface area contributed by atoms with Crippen LogP contribution in [-0.2, 0) is 11.2 Å². The second-order valence-corrected chi connectivity index (χ2v) is 5.14. The number of aromatic carboxylic acids is 1. The van der Waals surface area contributed by atoms with Gasteiger partial charge in [-0.25, -0.2) is 4.79 Å². The molecule has 1 aromatic rings. The Hall–Kier alpha value is -1.88. The lowest BCUT2D eigenvalue weighted by molar-refractivity contribution is -0.120. The fourth-order valence-electron chi connectivity index (χ4n) is 2.06. The molecular weight excluding hydrogens is 256 g/mol. The van der Waals surface area contributed by atoms with Gasteiger partial charge >= 0.3 is 5.97 Å². The van der Waals surface area contributed by atoms with Crippen LogP contribution in [0.2, 0.25) is 0 Å². The third-order valence-corrected chi connectivity index (χ3v) is 3.38. The average Bonchev–Trinajstić information content (AvgIpc) is 3.23. The molecule has 0 atom stereocenters. The second-order valence-electron chi connectivity index (χ2n) is 5.14. The van der Waals surface area contributed by atoms with E-state index in [0.29, 0.717) is 25.1 Å². The van der Waals surface area contributed by atoms with E-state index in [1.807, 2.05) is 0 Å². The number of carbonyl (C=O) groups excluding carboxylic acids is 1. The molecule has 0 unspecified atom stereocenters. The minimum Gasteiger partial charge on any atom is -0.478 e. The Morgan fingerprint density at radius 1 is 1.25 bits per heavy atom. The summed E-state index contributed by atoms with van der Waals surface area (Å²) in [7, 11) is 0. The van der Waals surface area contributed by atoms with Gasteiger partial charge in [-0.2, -0.15) is 0 Å². The normalized spacial score (nSPS) is 14.0. The van der Waals surface area contributed by atoms with Gasteiger partial charge < -0.3 is 15.7 Å². The number of amides is 1. The summed E-state index contributed by atoms with van der Waals surface area (Å²) in [4.78, 5) is 22.6. The van der Waals surface area contributed by atoms with Gasteiger partial charge in [0.1, 0.15) is 0 Å². The topological polar surface area (TPSA) is 78.4 Å². The zero-order valence-electron chi connectivity index (χ0n) is 11.4. The Kier molecular flexibility index (Phi) is 5.12. The number of carboxylic acid groups (broad SMARTS) is 1. The molecule has 3 N–H and O–H groups in total. The van der Waals surface area contributed by atoms with E-state index in [9.17, 15) is 9.59 Å². The van der Waals surface area contributed by atoms with Crippen molar-refractivity contribution < 1.29 is 14.7 Å². The molecule has 1 saturated carbocycles. The number of hydrogen-bond donors (Lipinski definition) is 3. The van der Waals surface area contributed by atoms with Gasteiger partial charge in [0.15, 0.2) is 0 Å². The van der Waals surface area contributed by atoms with E-state index in [-0.39, 0.29) is 5.91 Å². The molecule has 2 rings (SSSR count). The van der Waals surface area contributed by atoms with Crippen LogP contribution in [0.1, 0.15) is 28.8 Å². The molecule has 0 saturated heterocycles. The van der Waals surface area contributed by atoms with Gasteiger partial charge in [0.25, 0.3) is 0 Å². The maximum absolute atomic E-state index is 11.6. The third kappa shape index (κ3) is 4.66. The van der Waals surface area contributed by atoms with Gasteiger partial charge in [-0.3, -0.25) is 4.79 Å². The van der Waals surface area contributed by atoms with Crippen molar-refractivity contribution in [3.8, 4) is 0 Å². The summed E-state index contributed by atoms with van der Waals surface area (Å²) in [6, 6.07) is 6.87. The van der Waals surface area contributed by atoms with Gasteiger partial charge in [0, 0.05) is 6.54 Å². The van der Waals surface area contributed by atoms with Crippen LogP contribution in [0.25, 0.3) is 0 Å². The maximum atomic E-state index is 11.6. The molecule has 108 valence electrons. The summed E-state index contributed by atoms with van der Waals surface area (Å²) < 4.78 is 0. The highest BCUT2D eigenvalue weighted by atomic mass is 16.4. The highest BCUT2D eigenvalue weighted by molar-refractivity contribution is 5.89. The molecule has 1 aliphatic carbocycles. The smallest absolute Gasteiger partial charge is 0.335 e. The molecule has 5 heteroatoms. The van der Waals surface area contributed by atoms with Crippen LogP contribution >= 0.6 is 0 Å². The molecule has 5 nitrogen and oxygen atoms in total. The lowest BCUT2D eigenvalue weighted by Gasteiger charge is -2.08. The first-order valence-corrected chi connectivity index (χ1v) is 6.95. The minimum atomic E-state index is -0.932. The Labute approximate surface area is 118 Å². The molecule has 0 heterocycles. The predicted octanol–water partition coefficient (Wildman–Crippen LogP) is 1.04. The van der Waals surface area contributed by atoms with Gasteiger partial charge in [0.2, 0.25) is 5.91 Å². The first-order chi connectivity index (χ1) is 9.66. The van der Waals surface area contributed by atoms with E-state index in [1.54, 1.807) is 24.3 Å². The summed E-state index contributed by atoms with van der Waals surface area (Å²) >= 11 is 0. The number of benzene rings is 1. The molecule has 0 bridgehead atoms. The molecule has 1 amide bonds. The van der Waals surface area contributed by atoms with Crippen LogP contribution in [0.3, 0.4) is 0 Å². The van der Waals surface area contributed by atoms with Crippen molar-refractivity contribution in [3.63, 3.8) is 0 Å². The summed E-state index contributed by atoms with van der Waals surface area (Å²) in [6.45, 7) is 1.70. The number of carboxylic acids is 1. The van der Waals surface area contributed by atoms with Crippen molar-refractivity contribution in [2.24, 2.45) is 5.92 Å². The minimum absolute atomic E-state index is 0.0431. The largest absolute Gasteiger partial charge is 0.478 e. The van der Waals surface area contributed by atoms with Crippen LogP contribution in [0, 0.1) is 5.92 Å². The first kappa shape index (κ1) is 14.5. The van der Waals surface area contributed by atoms with Crippen LogP contribution in [-0.4, -0.2) is 36.6 Å². The van der Waals surface area contributed by atoms with E-state index in [4.69, 9.17) is 5.11 Å². The van der Waals surface area contributed by atoms with Crippen molar-refractivity contribution in [3.05, 3.63) is 35.4 Å². The molecule has 1 aliphatic rings. The van der Waals surface area contributed by atoms with E-state index >= 15 is 0 Å². The molecule has 1 fully saturated rings. The summed E-state index contributed by atoms with van der Waals surface area (Å²) in [5.74, 6) is -0.221. The number of nitrogens with one attached hydrogen (secondary N) is 2. The summed E-state index contributed by atoms with van der Waals surface area (Å²) in [6.07, 6.45) is 3.05. The van der Waals surface area contributed by atoms with Gasteiger partial charge in [-0.15, -0.1) is 0 Å². The van der Waals surface area contributed by atoms with E-state index in [1.165, 1.54) is 12.8 Å². The molecule has 1 aromatic carbocycles. The highest BCUT2D eigenvalue weighted by Gasteiger charge is 2.20. The van der Waals surface area contributed by atoms with Crippen molar-refractivity contribution in [1.82, 2.24) is 10.6 Å². The van der Waals surface area contributed by atoms with Gasteiger partial charge in [0.05, 0.1) is 12.1 Å². The quantitative estimate of drug-likeness (QED) is 0.663. The zero-order chi connectivity index (χ0) is 14.4. The van der Waals surface area contributed by atoms with Gasteiger partial charge in [-0.05, 0) is 43.4 Å². The Morgan fingerprint density at radius 3 is 2.70 bits per heavy atom. The number of rotatable bonds is 8. The second kappa shape index (κ2) is 7.05. The standard InChI is InChI=1S/C15H20N2O3/c18-14(10-16-9-11-5-6-11)17-8-7-12-3-1-2-4-13(12)15(19)20/h1-4,11,16H,5-10H2,(H,17,18)(H,19,20). The highest BCUT2D eigenvalue weighted by Crippen LogP contribution is 2.27. The molecule has 0 radical (unpaired) electrons. The molecule has 0 aliphatic heterocycles. The van der Waals surface area contributed by atoms with Crippen LogP contribution in [0.15, 0.2) is 24.3 Å². The van der Waals surface area contributed by atoms with Crippen LogP contribution < -0.4 is 10.6 Å². The van der Waals surface area contributed by atoms with Crippen molar-refractivity contribution in [2.75, 3.05) is 19.6 Å². The van der Waals surface area contributed by atoms with E-state index in [0.717, 1.165) is 18.0 Å². The number of carbonyl (C=O) groups is 2. The first-order valence-electron chi connectivity index (χ1n) is 6.95. The lowest BCUT2D eigenvalue weighted by atomic mass is 10.0. The SMILES string of the molecule is O=C(CNCC1CC1)NCCc1ccccc1C(=O)O. The average molecular weight is 276 g/mol. The third-order valence-electron chi connectivity index (χ3n) is 3.38. The lowest BCUT2D eigenvalue weighted by Crippen LogP contribution is -2.35. The van der Waals surface area contributed by atoms with Crippen molar-refractivity contribution in [2.45, 2.75) is 19.3 Å². The molecule has 20 heavy (non-hydrogen) atoms. The van der Waals surface area contributed by atoms with E-state index < -0.39 is 5.97 Å². The van der Waals surface area contributed by atoms with Crippen LogP contribution in [0.5, 0.6) is 0 Å². The number of hydrogen-bond acceptors (Lipinski definition) is 3. The Balaban J connectivity index is 1.69. The molecular formula is C15H20N2O3. The van der Waals surface area contributed by atoms with Crippen LogP contribution in [0.4, 0.5) is 0 Å². The van der Waals surface area contributed by atoms with Crippen molar-refractivity contribution in [1.29, 1.82) is 0 Å². The maximum Gasteiger partial charge on any atom is 0.335 e. The summed E-state index contributed by atoms with van der Waals surface area (Å²) in [5, 5.41) is 15.0. The fourth-order valence-corrected chi connectivity index (χ4v) is 2.06. The molecule has 0 spiro atoms. The Morgan fingerprint density at radius 2 is 2.00 bits per heavy atom. The monoisotopic (exact) mass is 276 g/mol. The molecule has 0 aromatic heterocycles. The predicted molar refractivity (Wildman–Crippen MR) is 75.7 cm³/mol. The Bertz CT molecular complexity index is 484. The van der Waals surface area contributed by atoms with Crippen molar-refractivity contribution >= 4 is 11.9 Å². The van der Waals surface area contributed by atoms with E-state index in [2.05, 4.69) is 10.6 Å². The van der Waals surface area contributed by atoms with Gasteiger partial charge in [-0.1, -0.05) is 18.2 Å². The summed E-state index contributed by atoms with van der Waals surface area (Å²) in [5.41, 5.74) is 1.04.